The van der Waals surface area contributed by atoms with Crippen LogP contribution in [0.1, 0.15) is 10.4 Å². The van der Waals surface area contributed by atoms with Gasteiger partial charge in [0.05, 0.1) is 28.6 Å². The lowest BCUT2D eigenvalue weighted by Gasteiger charge is -2.07. The van der Waals surface area contributed by atoms with Crippen LogP contribution in [-0.4, -0.2) is 31.7 Å². The molecule has 2 N–H and O–H groups in total. The second-order valence-corrected chi connectivity index (χ2v) is 4.03. The molecule has 0 aliphatic carbocycles. The summed E-state index contributed by atoms with van der Waals surface area (Å²) >= 11 is 0. The topological polar surface area (TPSA) is 127 Å². The number of hydrogen-bond acceptors (Lipinski definition) is 5. The van der Waals surface area contributed by atoms with Gasteiger partial charge < -0.3 is 20.5 Å². The number of nitrogens with one attached hydrogen (secondary N) is 1. The van der Waals surface area contributed by atoms with Crippen LogP contribution in [0.3, 0.4) is 0 Å². The van der Waals surface area contributed by atoms with Crippen molar-refractivity contribution in [3.8, 4) is 0 Å². The number of rotatable bonds is 5. The van der Waals surface area contributed by atoms with Gasteiger partial charge >= 0.3 is 11.8 Å². The molecule has 2 aromatic rings. The van der Waals surface area contributed by atoms with E-state index in [0.717, 1.165) is 4.68 Å². The maximum absolute atomic E-state index is 11.8. The second kappa shape index (κ2) is 5.82. The van der Waals surface area contributed by atoms with E-state index in [0.29, 0.717) is 0 Å². The smallest absolute Gasteiger partial charge is 0.389 e. The van der Waals surface area contributed by atoms with Gasteiger partial charge in [0.2, 0.25) is 5.91 Å². The van der Waals surface area contributed by atoms with Gasteiger partial charge in [-0.2, -0.15) is 4.68 Å². The third-order valence-electron chi connectivity index (χ3n) is 2.55. The number of amides is 1. The van der Waals surface area contributed by atoms with E-state index in [2.05, 4.69) is 10.4 Å². The van der Waals surface area contributed by atoms with Crippen LogP contribution in [-0.2, 0) is 11.3 Å². The quantitative estimate of drug-likeness (QED) is 0.627. The average Bonchev–Trinajstić information content (AvgIpc) is 2.87. The SMILES string of the molecule is O=C(Cn1ccc([N+](=O)[O-])n1)Nc1ccccc1C(=O)O. The van der Waals surface area contributed by atoms with Gasteiger partial charge in [-0.25, -0.2) is 4.79 Å². The summed E-state index contributed by atoms with van der Waals surface area (Å²) in [6.07, 6.45) is 1.29. The lowest BCUT2D eigenvalue weighted by Crippen LogP contribution is -2.20. The largest absolute Gasteiger partial charge is 0.478 e. The number of nitro groups is 1. The van der Waals surface area contributed by atoms with Crippen molar-refractivity contribution >= 4 is 23.4 Å². The summed E-state index contributed by atoms with van der Waals surface area (Å²) in [4.78, 5) is 32.6. The fraction of sp³-hybridized carbons (Fsp3) is 0.0833. The Hall–Kier alpha value is -3.23. The van der Waals surface area contributed by atoms with Crippen LogP contribution in [0, 0.1) is 10.1 Å². The Balaban J connectivity index is 2.08. The molecule has 9 nitrogen and oxygen atoms in total. The van der Waals surface area contributed by atoms with Crippen molar-refractivity contribution < 1.29 is 19.6 Å². The van der Waals surface area contributed by atoms with Crippen LogP contribution < -0.4 is 5.32 Å². The van der Waals surface area contributed by atoms with Crippen LogP contribution in [0.4, 0.5) is 11.5 Å². The van der Waals surface area contributed by atoms with Gasteiger partial charge in [0.15, 0.2) is 0 Å². The van der Waals surface area contributed by atoms with Crippen molar-refractivity contribution in [2.45, 2.75) is 6.54 Å². The molecule has 1 heterocycles. The average molecular weight is 290 g/mol. The Kier molecular flexibility index (Phi) is 3.93. The van der Waals surface area contributed by atoms with Crippen LogP contribution in [0.2, 0.25) is 0 Å². The third kappa shape index (κ3) is 3.41. The molecular formula is C12H10N4O5. The first-order valence-corrected chi connectivity index (χ1v) is 5.77. The first-order chi connectivity index (χ1) is 9.97. The van der Waals surface area contributed by atoms with Gasteiger partial charge in [0.1, 0.15) is 6.54 Å². The Morgan fingerprint density at radius 3 is 2.67 bits per heavy atom. The van der Waals surface area contributed by atoms with Crippen LogP contribution in [0.5, 0.6) is 0 Å². The molecule has 108 valence electrons. The molecule has 0 bridgehead atoms. The summed E-state index contributed by atoms with van der Waals surface area (Å²) in [6.45, 7) is -0.262. The second-order valence-electron chi connectivity index (χ2n) is 4.03. The van der Waals surface area contributed by atoms with E-state index in [4.69, 9.17) is 5.11 Å². The maximum atomic E-state index is 11.8. The van der Waals surface area contributed by atoms with Crippen LogP contribution in [0.25, 0.3) is 0 Å². The zero-order valence-corrected chi connectivity index (χ0v) is 10.6. The number of anilines is 1. The van der Waals surface area contributed by atoms with Crippen LogP contribution in [0.15, 0.2) is 36.5 Å². The summed E-state index contributed by atoms with van der Waals surface area (Å²) in [5, 5.41) is 25.5. The summed E-state index contributed by atoms with van der Waals surface area (Å²) in [5.74, 6) is -2.07. The molecule has 0 saturated heterocycles. The molecule has 2 rings (SSSR count). The maximum Gasteiger partial charge on any atom is 0.389 e. The number of carbonyl (C=O) groups is 2. The fourth-order valence-corrected chi connectivity index (χ4v) is 1.65. The molecule has 0 unspecified atom stereocenters. The standard InChI is InChI=1S/C12H10N4O5/c17-11(7-15-6-5-10(14-15)16(20)21)13-9-4-2-1-3-8(9)12(18)19/h1-6H,7H2,(H,13,17)(H,18,19). The van der Waals surface area contributed by atoms with E-state index < -0.39 is 16.8 Å². The van der Waals surface area contributed by atoms with Crippen LogP contribution >= 0.6 is 0 Å². The zero-order chi connectivity index (χ0) is 15.4. The van der Waals surface area contributed by atoms with Gasteiger partial charge in [0.25, 0.3) is 0 Å². The van der Waals surface area contributed by atoms with Gasteiger partial charge in [-0.05, 0) is 17.1 Å². The van der Waals surface area contributed by atoms with E-state index in [1.165, 1.54) is 30.5 Å². The minimum absolute atomic E-state index is 0.0442. The van der Waals surface area contributed by atoms with Crippen molar-refractivity contribution in [1.29, 1.82) is 0 Å². The summed E-state index contributed by atoms with van der Waals surface area (Å²) in [7, 11) is 0. The van der Waals surface area contributed by atoms with E-state index in [-0.39, 0.29) is 23.6 Å². The number of aromatic carboxylic acids is 1. The molecule has 1 aromatic carbocycles. The Bertz CT molecular complexity index is 709. The van der Waals surface area contributed by atoms with Crippen molar-refractivity contribution in [3.05, 3.63) is 52.2 Å². The number of benzene rings is 1. The molecule has 9 heteroatoms. The molecule has 21 heavy (non-hydrogen) atoms. The number of aromatic nitrogens is 2. The van der Waals surface area contributed by atoms with E-state index in [9.17, 15) is 19.7 Å². The van der Waals surface area contributed by atoms with Crippen molar-refractivity contribution in [3.63, 3.8) is 0 Å². The lowest BCUT2D eigenvalue weighted by molar-refractivity contribution is -0.389. The van der Waals surface area contributed by atoms with Crippen molar-refractivity contribution in [2.24, 2.45) is 0 Å². The first-order valence-electron chi connectivity index (χ1n) is 5.77. The molecule has 1 amide bonds. The fourth-order valence-electron chi connectivity index (χ4n) is 1.65. The Morgan fingerprint density at radius 2 is 2.05 bits per heavy atom. The first kappa shape index (κ1) is 14.2. The number of carbonyl (C=O) groups excluding carboxylic acids is 1. The molecule has 0 aliphatic heterocycles. The molecule has 0 spiro atoms. The highest BCUT2D eigenvalue weighted by molar-refractivity contribution is 6.00. The molecule has 0 fully saturated rings. The predicted molar refractivity (Wildman–Crippen MR) is 70.9 cm³/mol. The molecular weight excluding hydrogens is 280 g/mol. The number of carboxylic acid groups (broad SMARTS) is 1. The normalized spacial score (nSPS) is 10.1. The predicted octanol–water partition coefficient (Wildman–Crippen LogP) is 1.13. The summed E-state index contributed by atoms with van der Waals surface area (Å²) in [6, 6.07) is 7.10. The van der Waals surface area contributed by atoms with Gasteiger partial charge in [-0.3, -0.25) is 4.79 Å². The highest BCUT2D eigenvalue weighted by Gasteiger charge is 2.15. The minimum atomic E-state index is -1.17. The third-order valence-corrected chi connectivity index (χ3v) is 2.55. The number of para-hydroxylation sites is 1. The minimum Gasteiger partial charge on any atom is -0.478 e. The summed E-state index contributed by atoms with van der Waals surface area (Å²) in [5.41, 5.74) is 0.106. The van der Waals surface area contributed by atoms with Gasteiger partial charge in [0, 0.05) is 0 Å². The molecule has 0 atom stereocenters. The van der Waals surface area contributed by atoms with Gasteiger partial charge in [-0.1, -0.05) is 12.1 Å². The van der Waals surface area contributed by atoms with E-state index in [1.54, 1.807) is 6.07 Å². The lowest BCUT2D eigenvalue weighted by atomic mass is 10.2. The number of carboxylic acids is 1. The van der Waals surface area contributed by atoms with E-state index >= 15 is 0 Å². The molecule has 0 saturated carbocycles. The summed E-state index contributed by atoms with van der Waals surface area (Å²) < 4.78 is 1.09. The van der Waals surface area contributed by atoms with Gasteiger partial charge in [-0.15, -0.1) is 0 Å². The van der Waals surface area contributed by atoms with Crippen molar-refractivity contribution in [1.82, 2.24) is 9.78 Å². The monoisotopic (exact) mass is 290 g/mol. The van der Waals surface area contributed by atoms with Crippen molar-refractivity contribution in [2.75, 3.05) is 5.32 Å². The molecule has 1 aromatic heterocycles. The highest BCUT2D eigenvalue weighted by Crippen LogP contribution is 2.15. The van der Waals surface area contributed by atoms with E-state index in [1.807, 2.05) is 0 Å². The number of hydrogen-bond donors (Lipinski definition) is 2. The molecule has 0 aliphatic rings. The molecule has 0 radical (unpaired) electrons. The number of nitrogens with zero attached hydrogens (tertiary/aromatic N) is 3. The Labute approximate surface area is 118 Å². The zero-order valence-electron chi connectivity index (χ0n) is 10.6. The Morgan fingerprint density at radius 1 is 1.33 bits per heavy atom. The highest BCUT2D eigenvalue weighted by atomic mass is 16.6.